The summed E-state index contributed by atoms with van der Waals surface area (Å²) in [5.74, 6) is 0. The number of nitrogens with one attached hydrogen (secondary N) is 2. The van der Waals surface area contributed by atoms with Gasteiger partial charge in [-0.1, -0.05) is 6.42 Å². The van der Waals surface area contributed by atoms with E-state index in [0.29, 0.717) is 18.7 Å². The minimum Gasteiger partial charge on any atom is -0.309 e. The predicted molar refractivity (Wildman–Crippen MR) is 98.0 cm³/mol. The van der Waals surface area contributed by atoms with Gasteiger partial charge in [-0.15, -0.1) is 12.4 Å². The molecule has 0 saturated carbocycles. The Hall–Kier alpha value is -0.710. The standard InChI is InChI=1S/C15H23N3O4S2.ClH/c1-11-8-14(6-7-15(11)23(19,20)16-2)24(21,22)18-9-12-4-3-5-13(10-18)17-12;/h6-8,12-13,16-17H,3-5,9-10H2,1-2H3;1H. The largest absolute Gasteiger partial charge is 0.309 e. The van der Waals surface area contributed by atoms with E-state index in [9.17, 15) is 16.8 Å². The minimum atomic E-state index is -3.62. The maximum absolute atomic E-state index is 12.9. The first kappa shape index (κ1) is 20.6. The molecule has 2 saturated heterocycles. The lowest BCUT2D eigenvalue weighted by Gasteiger charge is -2.41. The van der Waals surface area contributed by atoms with Gasteiger partial charge in [-0.3, -0.25) is 0 Å². The van der Waals surface area contributed by atoms with Gasteiger partial charge in [-0.05, 0) is 50.6 Å². The maximum atomic E-state index is 12.9. The Kier molecular flexibility index (Phi) is 6.18. The molecule has 7 nitrogen and oxygen atoms in total. The van der Waals surface area contributed by atoms with Gasteiger partial charge >= 0.3 is 0 Å². The molecular weight excluding hydrogens is 386 g/mol. The van der Waals surface area contributed by atoms with Gasteiger partial charge in [-0.25, -0.2) is 21.6 Å². The number of piperidine rings is 1. The van der Waals surface area contributed by atoms with Crippen LogP contribution in [0.15, 0.2) is 28.0 Å². The number of hydrogen-bond acceptors (Lipinski definition) is 5. The number of nitrogens with zero attached hydrogens (tertiary/aromatic N) is 1. The van der Waals surface area contributed by atoms with Crippen LogP contribution in [0.2, 0.25) is 0 Å². The summed E-state index contributed by atoms with van der Waals surface area (Å²) >= 11 is 0. The maximum Gasteiger partial charge on any atom is 0.243 e. The molecule has 2 heterocycles. The lowest BCUT2D eigenvalue weighted by molar-refractivity contribution is 0.190. The number of sulfonamides is 2. The fraction of sp³-hybridized carbons (Fsp3) is 0.600. The Labute approximate surface area is 155 Å². The van der Waals surface area contributed by atoms with Crippen LogP contribution in [0.5, 0.6) is 0 Å². The number of benzene rings is 1. The molecule has 2 N–H and O–H groups in total. The fourth-order valence-corrected chi connectivity index (χ4v) is 6.07. The van der Waals surface area contributed by atoms with Gasteiger partial charge in [0.1, 0.15) is 0 Å². The van der Waals surface area contributed by atoms with Crippen molar-refractivity contribution in [1.29, 1.82) is 0 Å². The highest BCUT2D eigenvalue weighted by Crippen LogP contribution is 2.26. The van der Waals surface area contributed by atoms with Crippen molar-refractivity contribution in [1.82, 2.24) is 14.3 Å². The zero-order valence-corrected chi connectivity index (χ0v) is 16.7. The van der Waals surface area contributed by atoms with Gasteiger partial charge in [0.2, 0.25) is 20.0 Å². The van der Waals surface area contributed by atoms with Crippen LogP contribution in [0.25, 0.3) is 0 Å². The monoisotopic (exact) mass is 409 g/mol. The number of hydrogen-bond donors (Lipinski definition) is 2. The SMILES string of the molecule is CNS(=O)(=O)c1ccc(S(=O)(=O)N2CC3CCCC(C2)N3)cc1C.Cl. The van der Waals surface area contributed by atoms with Crippen LogP contribution in [0.1, 0.15) is 24.8 Å². The third-order valence-corrected chi connectivity index (χ3v) is 8.17. The molecule has 142 valence electrons. The van der Waals surface area contributed by atoms with Crippen LogP contribution in [0.4, 0.5) is 0 Å². The van der Waals surface area contributed by atoms with Crippen molar-refractivity contribution >= 4 is 32.5 Å². The Morgan fingerprint density at radius 2 is 1.72 bits per heavy atom. The topological polar surface area (TPSA) is 95.6 Å². The Morgan fingerprint density at radius 1 is 1.12 bits per heavy atom. The van der Waals surface area contributed by atoms with Gasteiger partial charge in [0, 0.05) is 25.2 Å². The van der Waals surface area contributed by atoms with Crippen LogP contribution < -0.4 is 10.0 Å². The van der Waals surface area contributed by atoms with Gasteiger partial charge in [0.25, 0.3) is 0 Å². The van der Waals surface area contributed by atoms with Crippen molar-refractivity contribution in [3.8, 4) is 0 Å². The third-order valence-electron chi connectivity index (χ3n) is 4.77. The lowest BCUT2D eigenvalue weighted by atomic mass is 9.96. The third kappa shape index (κ3) is 4.01. The molecule has 3 rings (SSSR count). The number of piperazine rings is 1. The van der Waals surface area contributed by atoms with E-state index in [-0.39, 0.29) is 34.3 Å². The number of halogens is 1. The Bertz CT molecular complexity index is 830. The molecule has 1 aromatic carbocycles. The van der Waals surface area contributed by atoms with Crippen molar-refractivity contribution in [2.75, 3.05) is 20.1 Å². The second-order valence-corrected chi connectivity index (χ2v) is 10.2. The number of fused-ring (bicyclic) bond motifs is 2. The summed E-state index contributed by atoms with van der Waals surface area (Å²) in [5, 5.41) is 3.46. The van der Waals surface area contributed by atoms with E-state index < -0.39 is 20.0 Å². The predicted octanol–water partition coefficient (Wildman–Crippen LogP) is 0.840. The summed E-state index contributed by atoms with van der Waals surface area (Å²) < 4.78 is 53.5. The molecule has 2 aliphatic rings. The first-order valence-corrected chi connectivity index (χ1v) is 11.0. The molecule has 1 aromatic rings. The molecule has 25 heavy (non-hydrogen) atoms. The van der Waals surface area contributed by atoms with E-state index in [1.54, 1.807) is 6.92 Å². The molecule has 2 unspecified atom stereocenters. The highest BCUT2D eigenvalue weighted by atomic mass is 35.5. The summed E-state index contributed by atoms with van der Waals surface area (Å²) in [6, 6.07) is 4.59. The first-order valence-electron chi connectivity index (χ1n) is 8.04. The van der Waals surface area contributed by atoms with Crippen molar-refractivity contribution in [2.24, 2.45) is 0 Å². The van der Waals surface area contributed by atoms with E-state index in [0.717, 1.165) is 19.3 Å². The molecule has 0 amide bonds. The van der Waals surface area contributed by atoms with Crippen LogP contribution >= 0.6 is 12.4 Å². The van der Waals surface area contributed by atoms with E-state index in [1.807, 2.05) is 0 Å². The van der Waals surface area contributed by atoms with E-state index in [1.165, 1.54) is 29.6 Å². The number of aryl methyl sites for hydroxylation is 1. The average Bonchev–Trinajstić information content (AvgIpc) is 2.54. The summed E-state index contributed by atoms with van der Waals surface area (Å²) in [6.07, 6.45) is 3.10. The molecule has 2 atom stereocenters. The van der Waals surface area contributed by atoms with Crippen molar-refractivity contribution in [3.63, 3.8) is 0 Å². The zero-order chi connectivity index (χ0) is 17.5. The quantitative estimate of drug-likeness (QED) is 0.768. The van der Waals surface area contributed by atoms with Crippen LogP contribution in [-0.4, -0.2) is 53.4 Å². The van der Waals surface area contributed by atoms with Crippen LogP contribution in [0, 0.1) is 6.92 Å². The molecule has 0 aliphatic carbocycles. The summed E-state index contributed by atoms with van der Waals surface area (Å²) in [7, 11) is -5.88. The summed E-state index contributed by atoms with van der Waals surface area (Å²) in [4.78, 5) is 0.246. The zero-order valence-electron chi connectivity index (χ0n) is 14.2. The van der Waals surface area contributed by atoms with Gasteiger partial charge in [0.05, 0.1) is 9.79 Å². The van der Waals surface area contributed by atoms with Gasteiger partial charge in [-0.2, -0.15) is 4.31 Å². The van der Waals surface area contributed by atoms with Gasteiger partial charge < -0.3 is 5.32 Å². The summed E-state index contributed by atoms with van der Waals surface area (Å²) in [5.41, 5.74) is 0.417. The molecule has 0 radical (unpaired) electrons. The summed E-state index contributed by atoms with van der Waals surface area (Å²) in [6.45, 7) is 2.54. The number of rotatable bonds is 4. The fourth-order valence-electron chi connectivity index (χ4n) is 3.50. The molecule has 0 spiro atoms. The van der Waals surface area contributed by atoms with E-state index >= 15 is 0 Å². The normalized spacial score (nSPS) is 24.6. The minimum absolute atomic E-state index is 0. The molecule has 0 aromatic heterocycles. The van der Waals surface area contributed by atoms with Crippen molar-refractivity contribution < 1.29 is 16.8 Å². The molecule has 2 aliphatic heterocycles. The lowest BCUT2D eigenvalue weighted by Crippen LogP contribution is -2.59. The Balaban J connectivity index is 0.00000225. The van der Waals surface area contributed by atoms with Crippen molar-refractivity contribution in [3.05, 3.63) is 23.8 Å². The van der Waals surface area contributed by atoms with Crippen LogP contribution in [-0.2, 0) is 20.0 Å². The van der Waals surface area contributed by atoms with Gasteiger partial charge in [0.15, 0.2) is 0 Å². The van der Waals surface area contributed by atoms with Crippen molar-refractivity contribution in [2.45, 2.75) is 48.1 Å². The molecule has 2 bridgehead atoms. The van der Waals surface area contributed by atoms with E-state index in [4.69, 9.17) is 0 Å². The molecule has 10 heteroatoms. The second-order valence-electron chi connectivity index (χ2n) is 6.45. The first-order chi connectivity index (χ1) is 11.2. The molecule has 2 fully saturated rings. The smallest absolute Gasteiger partial charge is 0.243 e. The highest BCUT2D eigenvalue weighted by Gasteiger charge is 2.36. The molecular formula is C15H24ClN3O4S2. The van der Waals surface area contributed by atoms with Crippen LogP contribution in [0.3, 0.4) is 0 Å². The average molecular weight is 410 g/mol. The highest BCUT2D eigenvalue weighted by molar-refractivity contribution is 7.89. The second kappa shape index (κ2) is 7.50. The van der Waals surface area contributed by atoms with E-state index in [2.05, 4.69) is 10.0 Å². The Morgan fingerprint density at radius 3 is 2.24 bits per heavy atom.